The van der Waals surface area contributed by atoms with Crippen molar-refractivity contribution < 1.29 is 9.90 Å². The van der Waals surface area contributed by atoms with Crippen molar-refractivity contribution in [3.05, 3.63) is 35.7 Å². The van der Waals surface area contributed by atoms with E-state index in [9.17, 15) is 9.90 Å². The molecule has 7 nitrogen and oxygen atoms in total. The number of aromatic amines is 1. The van der Waals surface area contributed by atoms with Crippen LogP contribution in [0.1, 0.15) is 29.1 Å². The van der Waals surface area contributed by atoms with E-state index in [-0.39, 0.29) is 23.3 Å². The minimum atomic E-state index is -0.389. The summed E-state index contributed by atoms with van der Waals surface area (Å²) in [6, 6.07) is 5.92. The largest absolute Gasteiger partial charge is 0.507 e. The smallest absolute Gasteiger partial charge is 0.255 e. The fourth-order valence-electron chi connectivity index (χ4n) is 1.36. The van der Waals surface area contributed by atoms with Gasteiger partial charge in [-0.2, -0.15) is 5.21 Å². The normalized spacial score (nSPS) is 12.1. The number of nitrogens with zero attached hydrogens (tertiary/aromatic N) is 3. The van der Waals surface area contributed by atoms with Gasteiger partial charge < -0.3 is 10.4 Å². The molecule has 0 fully saturated rings. The van der Waals surface area contributed by atoms with E-state index in [0.29, 0.717) is 5.82 Å². The van der Waals surface area contributed by atoms with Crippen LogP contribution in [-0.2, 0) is 0 Å². The van der Waals surface area contributed by atoms with Crippen molar-refractivity contribution in [1.82, 2.24) is 25.9 Å². The molecule has 0 saturated carbocycles. The average molecular weight is 233 g/mol. The lowest BCUT2D eigenvalue weighted by Gasteiger charge is -2.10. The van der Waals surface area contributed by atoms with Gasteiger partial charge in [0.25, 0.3) is 5.91 Å². The lowest BCUT2D eigenvalue weighted by molar-refractivity contribution is 0.0935. The number of phenolic OH excluding ortho intramolecular Hbond substituents is 1. The van der Waals surface area contributed by atoms with E-state index in [1.807, 2.05) is 0 Å². The minimum absolute atomic E-state index is 0.0645. The molecule has 0 spiro atoms. The van der Waals surface area contributed by atoms with Crippen molar-refractivity contribution in [2.45, 2.75) is 13.0 Å². The maximum absolute atomic E-state index is 11.8. The Kier molecular flexibility index (Phi) is 2.99. The van der Waals surface area contributed by atoms with Gasteiger partial charge in [-0.15, -0.1) is 10.2 Å². The zero-order valence-corrected chi connectivity index (χ0v) is 9.08. The summed E-state index contributed by atoms with van der Waals surface area (Å²) < 4.78 is 0. The summed E-state index contributed by atoms with van der Waals surface area (Å²) in [6.07, 6.45) is 0. The van der Waals surface area contributed by atoms with E-state index >= 15 is 0 Å². The van der Waals surface area contributed by atoms with Gasteiger partial charge in [0.15, 0.2) is 5.82 Å². The van der Waals surface area contributed by atoms with E-state index in [0.717, 1.165) is 0 Å². The van der Waals surface area contributed by atoms with Crippen LogP contribution in [0.2, 0.25) is 0 Å². The Morgan fingerprint density at radius 3 is 2.88 bits per heavy atom. The van der Waals surface area contributed by atoms with Gasteiger partial charge in [-0.05, 0) is 19.1 Å². The number of tetrazole rings is 1. The van der Waals surface area contributed by atoms with Crippen molar-refractivity contribution in [3.63, 3.8) is 0 Å². The number of aromatic hydroxyl groups is 1. The highest BCUT2D eigenvalue weighted by molar-refractivity contribution is 5.96. The number of amides is 1. The number of H-pyrrole nitrogens is 1. The number of para-hydroxylation sites is 1. The zero-order valence-electron chi connectivity index (χ0n) is 9.08. The van der Waals surface area contributed by atoms with Crippen LogP contribution in [0, 0.1) is 0 Å². The highest BCUT2D eigenvalue weighted by atomic mass is 16.3. The van der Waals surface area contributed by atoms with Gasteiger partial charge in [0, 0.05) is 0 Å². The van der Waals surface area contributed by atoms with Gasteiger partial charge in [0.05, 0.1) is 11.6 Å². The predicted molar refractivity (Wildman–Crippen MR) is 58.2 cm³/mol. The second kappa shape index (κ2) is 4.60. The molecular weight excluding hydrogens is 222 g/mol. The lowest BCUT2D eigenvalue weighted by atomic mass is 10.2. The maximum atomic E-state index is 11.8. The Balaban J connectivity index is 2.10. The predicted octanol–water partition coefficient (Wildman–Crippen LogP) is 0.396. The molecule has 7 heteroatoms. The number of nitrogens with one attached hydrogen (secondary N) is 2. The summed E-state index contributed by atoms with van der Waals surface area (Å²) in [5.74, 6) is -0.0699. The van der Waals surface area contributed by atoms with Crippen molar-refractivity contribution in [2.75, 3.05) is 0 Å². The van der Waals surface area contributed by atoms with Gasteiger partial charge in [0.1, 0.15) is 5.75 Å². The molecule has 17 heavy (non-hydrogen) atoms. The summed E-state index contributed by atoms with van der Waals surface area (Å²) >= 11 is 0. The number of benzene rings is 1. The molecule has 3 N–H and O–H groups in total. The molecule has 88 valence electrons. The quantitative estimate of drug-likeness (QED) is 0.711. The van der Waals surface area contributed by atoms with E-state index in [4.69, 9.17) is 0 Å². The first-order chi connectivity index (χ1) is 8.18. The molecule has 0 radical (unpaired) electrons. The zero-order chi connectivity index (χ0) is 12.3. The monoisotopic (exact) mass is 233 g/mol. The van der Waals surface area contributed by atoms with Crippen LogP contribution in [0.5, 0.6) is 5.75 Å². The molecule has 2 rings (SSSR count). The van der Waals surface area contributed by atoms with Crippen molar-refractivity contribution in [1.29, 1.82) is 0 Å². The van der Waals surface area contributed by atoms with E-state index in [1.165, 1.54) is 12.1 Å². The van der Waals surface area contributed by atoms with Gasteiger partial charge >= 0.3 is 0 Å². The van der Waals surface area contributed by atoms with Gasteiger partial charge in [0.2, 0.25) is 0 Å². The number of hydrogen-bond donors (Lipinski definition) is 3. The highest BCUT2D eigenvalue weighted by Crippen LogP contribution is 2.16. The molecular formula is C10H11N5O2. The van der Waals surface area contributed by atoms with Crippen LogP contribution in [0.15, 0.2) is 24.3 Å². The third-order valence-electron chi connectivity index (χ3n) is 2.25. The number of carbonyl (C=O) groups is 1. The first-order valence-electron chi connectivity index (χ1n) is 5.00. The van der Waals surface area contributed by atoms with Crippen molar-refractivity contribution in [2.24, 2.45) is 0 Å². The molecule has 1 unspecified atom stereocenters. The maximum Gasteiger partial charge on any atom is 0.255 e. The second-order valence-corrected chi connectivity index (χ2v) is 3.48. The van der Waals surface area contributed by atoms with Crippen LogP contribution in [0.4, 0.5) is 0 Å². The first kappa shape index (κ1) is 11.1. The molecule has 0 aliphatic heterocycles. The van der Waals surface area contributed by atoms with Crippen LogP contribution >= 0.6 is 0 Å². The van der Waals surface area contributed by atoms with E-state index < -0.39 is 0 Å². The highest BCUT2D eigenvalue weighted by Gasteiger charge is 2.16. The molecule has 2 aromatic rings. The van der Waals surface area contributed by atoms with Gasteiger partial charge in [-0.25, -0.2) is 0 Å². The van der Waals surface area contributed by atoms with E-state index in [1.54, 1.807) is 19.1 Å². The van der Waals surface area contributed by atoms with Crippen LogP contribution in [-0.4, -0.2) is 31.6 Å². The fourth-order valence-corrected chi connectivity index (χ4v) is 1.36. The SMILES string of the molecule is CC(NC(=O)c1ccccc1O)c1nn[nH]n1. The van der Waals surface area contributed by atoms with Crippen LogP contribution in [0.3, 0.4) is 0 Å². The molecule has 1 heterocycles. The summed E-state index contributed by atoms with van der Waals surface area (Å²) in [7, 11) is 0. The summed E-state index contributed by atoms with van der Waals surface area (Å²) in [4.78, 5) is 11.8. The molecule has 0 aliphatic rings. The van der Waals surface area contributed by atoms with Crippen LogP contribution in [0.25, 0.3) is 0 Å². The molecule has 0 saturated heterocycles. The number of hydrogen-bond acceptors (Lipinski definition) is 5. The summed E-state index contributed by atoms with van der Waals surface area (Å²) in [5.41, 5.74) is 0.211. The average Bonchev–Trinajstić information content (AvgIpc) is 2.82. The standard InChI is InChI=1S/C10H11N5O2/c1-6(9-12-14-15-13-9)11-10(17)7-4-2-3-5-8(7)16/h2-6,16H,1H3,(H,11,17)(H,12,13,14,15). The topological polar surface area (TPSA) is 104 Å². The fraction of sp³-hybridized carbons (Fsp3) is 0.200. The summed E-state index contributed by atoms with van der Waals surface area (Å²) in [5, 5.41) is 25.4. The third-order valence-corrected chi connectivity index (χ3v) is 2.25. The Morgan fingerprint density at radius 1 is 1.47 bits per heavy atom. The van der Waals surface area contributed by atoms with Crippen LogP contribution < -0.4 is 5.32 Å². The Labute approximate surface area is 96.9 Å². The third kappa shape index (κ3) is 2.39. The Hall–Kier alpha value is -2.44. The number of aromatic nitrogens is 4. The van der Waals surface area contributed by atoms with Crippen molar-refractivity contribution in [3.8, 4) is 5.75 Å². The first-order valence-corrected chi connectivity index (χ1v) is 5.00. The molecule has 1 aromatic heterocycles. The minimum Gasteiger partial charge on any atom is -0.507 e. The lowest BCUT2D eigenvalue weighted by Crippen LogP contribution is -2.27. The number of carbonyl (C=O) groups excluding carboxylic acids is 1. The van der Waals surface area contributed by atoms with Gasteiger partial charge in [-0.1, -0.05) is 17.3 Å². The molecule has 0 aliphatic carbocycles. The molecule has 0 bridgehead atoms. The second-order valence-electron chi connectivity index (χ2n) is 3.48. The molecule has 1 amide bonds. The van der Waals surface area contributed by atoms with E-state index in [2.05, 4.69) is 25.9 Å². The number of rotatable bonds is 3. The Morgan fingerprint density at radius 2 is 2.24 bits per heavy atom. The Bertz CT molecular complexity index is 511. The van der Waals surface area contributed by atoms with Gasteiger partial charge in [-0.3, -0.25) is 4.79 Å². The molecule has 1 atom stereocenters. The number of phenols is 1. The summed E-state index contributed by atoms with van der Waals surface area (Å²) in [6.45, 7) is 1.72. The molecule has 1 aromatic carbocycles. The van der Waals surface area contributed by atoms with Crippen molar-refractivity contribution >= 4 is 5.91 Å².